The molecule has 0 aromatic carbocycles. The second-order valence-corrected chi connectivity index (χ2v) is 15.7. The van der Waals surface area contributed by atoms with Crippen molar-refractivity contribution in [3.8, 4) is 0 Å². The maximum atomic E-state index is 12.8. The smallest absolute Gasteiger partial charge is 0.268 e. The Balaban J connectivity index is 4.47. The van der Waals surface area contributed by atoms with Gasteiger partial charge in [-0.2, -0.15) is 0 Å². The number of amides is 1. The molecular formula is C41H75N2O6P. The number of nitrogens with one attached hydrogen (secondary N) is 1. The zero-order valence-corrected chi connectivity index (χ0v) is 33.5. The van der Waals surface area contributed by atoms with Gasteiger partial charge < -0.3 is 28.8 Å². The fourth-order valence-corrected chi connectivity index (χ4v) is 5.72. The summed E-state index contributed by atoms with van der Waals surface area (Å²) in [5.74, 6) is -0.227. The summed E-state index contributed by atoms with van der Waals surface area (Å²) in [6, 6.07) is -0.909. The fraction of sp³-hybridized carbons (Fsp3) is 0.732. The van der Waals surface area contributed by atoms with Crippen LogP contribution in [0.1, 0.15) is 142 Å². The van der Waals surface area contributed by atoms with Crippen molar-refractivity contribution in [1.29, 1.82) is 0 Å². The molecule has 0 heterocycles. The van der Waals surface area contributed by atoms with Crippen molar-refractivity contribution in [1.82, 2.24) is 5.32 Å². The molecule has 0 aliphatic rings. The second kappa shape index (κ2) is 33.1. The van der Waals surface area contributed by atoms with Crippen LogP contribution in [0.4, 0.5) is 0 Å². The number of carbonyl (C=O) groups excluding carboxylic acids is 1. The van der Waals surface area contributed by atoms with Crippen molar-refractivity contribution in [3.05, 3.63) is 60.8 Å². The molecule has 0 fully saturated rings. The first-order valence-corrected chi connectivity index (χ1v) is 21.1. The monoisotopic (exact) mass is 723 g/mol. The van der Waals surface area contributed by atoms with Gasteiger partial charge in [-0.3, -0.25) is 9.36 Å². The Hall–Kier alpha value is -1.80. The summed E-state index contributed by atoms with van der Waals surface area (Å²) < 4.78 is 23.0. The second-order valence-electron chi connectivity index (χ2n) is 14.3. The Morgan fingerprint density at radius 3 is 1.76 bits per heavy atom. The van der Waals surface area contributed by atoms with Gasteiger partial charge in [0.1, 0.15) is 13.2 Å². The molecule has 1 amide bonds. The molecule has 0 aromatic heterocycles. The number of unbranched alkanes of at least 4 members (excludes halogenated alkanes) is 13. The number of aliphatic hydroxyl groups excluding tert-OH is 1. The highest BCUT2D eigenvalue weighted by Crippen LogP contribution is 2.38. The summed E-state index contributed by atoms with van der Waals surface area (Å²) in [6.45, 7) is 4.50. The van der Waals surface area contributed by atoms with E-state index in [4.69, 9.17) is 9.05 Å². The minimum absolute atomic E-state index is 0.0123. The molecule has 0 rings (SSSR count). The molecular weight excluding hydrogens is 647 g/mol. The minimum atomic E-state index is -4.59. The molecule has 0 saturated carbocycles. The van der Waals surface area contributed by atoms with Gasteiger partial charge in [-0.25, -0.2) is 0 Å². The predicted molar refractivity (Wildman–Crippen MR) is 210 cm³/mol. The third-order valence-electron chi connectivity index (χ3n) is 8.20. The lowest BCUT2D eigenvalue weighted by Crippen LogP contribution is -2.45. The Morgan fingerprint density at radius 1 is 0.700 bits per heavy atom. The van der Waals surface area contributed by atoms with Gasteiger partial charge in [0, 0.05) is 6.42 Å². The van der Waals surface area contributed by atoms with E-state index >= 15 is 0 Å². The summed E-state index contributed by atoms with van der Waals surface area (Å²) in [4.78, 5) is 25.1. The SMILES string of the molecule is CCCCC/C=C\C/C=C\C/C=C\CCCCCCCCC(=O)NC(COP(=O)([O-])OCC[N+](C)(C)C)C(O)/C=C/CC/C=C/CCCCC. The quantitative estimate of drug-likeness (QED) is 0.0297. The molecule has 3 atom stereocenters. The van der Waals surface area contributed by atoms with E-state index in [1.807, 2.05) is 27.2 Å². The molecule has 2 N–H and O–H groups in total. The number of nitrogens with zero attached hydrogens (tertiary/aromatic N) is 1. The maximum Gasteiger partial charge on any atom is 0.268 e. The van der Waals surface area contributed by atoms with Gasteiger partial charge in [-0.15, -0.1) is 0 Å². The molecule has 8 nitrogen and oxygen atoms in total. The van der Waals surface area contributed by atoms with Crippen molar-refractivity contribution in [2.24, 2.45) is 0 Å². The largest absolute Gasteiger partial charge is 0.756 e. The van der Waals surface area contributed by atoms with Gasteiger partial charge >= 0.3 is 0 Å². The number of phosphoric acid groups is 1. The van der Waals surface area contributed by atoms with Crippen LogP contribution in [0.5, 0.6) is 0 Å². The van der Waals surface area contributed by atoms with Crippen molar-refractivity contribution < 1.29 is 32.9 Å². The van der Waals surface area contributed by atoms with E-state index in [0.29, 0.717) is 17.4 Å². The Labute approximate surface area is 307 Å². The highest BCUT2D eigenvalue weighted by atomic mass is 31.2. The summed E-state index contributed by atoms with van der Waals surface area (Å²) in [5, 5.41) is 13.6. The number of rotatable bonds is 34. The highest BCUT2D eigenvalue weighted by Gasteiger charge is 2.23. The topological polar surface area (TPSA) is 108 Å². The standard InChI is InChI=1S/C41H75N2O6P/c1-6-8-10-12-14-16-17-18-19-20-21-22-23-24-25-27-29-31-33-35-41(45)42-39(38-49-50(46,47)48-37-36-43(3,4)5)40(44)34-32-30-28-26-15-13-11-9-7-2/h14-16,18-19,21-22,26,32,34,39-40,44H,6-13,17,20,23-25,27-31,33,35-38H2,1-5H3,(H-,42,45,46,47)/b16-14-,19-18-,22-21-,26-15+,34-32+. The Bertz CT molecular complexity index is 1000. The summed E-state index contributed by atoms with van der Waals surface area (Å²) >= 11 is 0. The molecule has 0 bridgehead atoms. The third kappa shape index (κ3) is 34.6. The van der Waals surface area contributed by atoms with Crippen LogP contribution in [-0.4, -0.2) is 68.5 Å². The van der Waals surface area contributed by atoms with E-state index in [9.17, 15) is 19.4 Å². The van der Waals surface area contributed by atoms with Crippen molar-refractivity contribution in [2.75, 3.05) is 40.9 Å². The molecule has 0 aliphatic heterocycles. The van der Waals surface area contributed by atoms with Crippen LogP contribution >= 0.6 is 7.82 Å². The van der Waals surface area contributed by atoms with Gasteiger partial charge in [-0.05, 0) is 70.6 Å². The maximum absolute atomic E-state index is 12.8. The highest BCUT2D eigenvalue weighted by molar-refractivity contribution is 7.45. The summed E-state index contributed by atoms with van der Waals surface area (Å²) in [5.41, 5.74) is 0. The summed E-state index contributed by atoms with van der Waals surface area (Å²) in [6.07, 6.45) is 41.3. The molecule has 9 heteroatoms. The molecule has 0 saturated heterocycles. The van der Waals surface area contributed by atoms with Crippen molar-refractivity contribution in [3.63, 3.8) is 0 Å². The van der Waals surface area contributed by atoms with Crippen LogP contribution in [0.25, 0.3) is 0 Å². The first-order valence-electron chi connectivity index (χ1n) is 19.7. The molecule has 3 unspecified atom stereocenters. The van der Waals surface area contributed by atoms with E-state index in [0.717, 1.165) is 64.2 Å². The zero-order valence-electron chi connectivity index (χ0n) is 32.6. The molecule has 0 aromatic rings. The van der Waals surface area contributed by atoms with Crippen LogP contribution in [0.3, 0.4) is 0 Å². The number of likely N-dealkylation sites (N-methyl/N-ethyl adjacent to an activating group) is 1. The number of hydrogen-bond donors (Lipinski definition) is 2. The Morgan fingerprint density at radius 2 is 1.18 bits per heavy atom. The average Bonchev–Trinajstić information content (AvgIpc) is 3.06. The third-order valence-corrected chi connectivity index (χ3v) is 9.16. The predicted octanol–water partition coefficient (Wildman–Crippen LogP) is 9.66. The van der Waals surface area contributed by atoms with Crippen LogP contribution in [0.2, 0.25) is 0 Å². The fourth-order valence-electron chi connectivity index (χ4n) is 4.99. The number of aliphatic hydroxyl groups is 1. The molecule has 0 spiro atoms. The zero-order chi connectivity index (χ0) is 37.2. The van der Waals surface area contributed by atoms with Gasteiger partial charge in [-0.1, -0.05) is 126 Å². The van der Waals surface area contributed by atoms with Gasteiger partial charge in [0.05, 0.1) is 39.9 Å². The van der Waals surface area contributed by atoms with E-state index in [1.54, 1.807) is 6.08 Å². The normalized spacial score (nSPS) is 15.3. The van der Waals surface area contributed by atoms with Crippen LogP contribution in [0.15, 0.2) is 60.8 Å². The first kappa shape index (κ1) is 48.2. The van der Waals surface area contributed by atoms with Crippen molar-refractivity contribution in [2.45, 2.75) is 154 Å². The van der Waals surface area contributed by atoms with Gasteiger partial charge in [0.15, 0.2) is 0 Å². The van der Waals surface area contributed by atoms with Gasteiger partial charge in [0.25, 0.3) is 7.82 Å². The van der Waals surface area contributed by atoms with E-state index < -0.39 is 26.6 Å². The first-order chi connectivity index (χ1) is 24.0. The lowest BCUT2D eigenvalue weighted by atomic mass is 10.1. The number of carbonyl (C=O) groups is 1. The van der Waals surface area contributed by atoms with E-state index in [-0.39, 0.29) is 12.5 Å². The Kier molecular flexibility index (Phi) is 31.9. The lowest BCUT2D eigenvalue weighted by Gasteiger charge is -2.29. The van der Waals surface area contributed by atoms with Crippen LogP contribution in [-0.2, 0) is 18.4 Å². The van der Waals surface area contributed by atoms with Gasteiger partial charge in [0.2, 0.25) is 5.91 Å². The van der Waals surface area contributed by atoms with E-state index in [2.05, 4.69) is 67.8 Å². The number of allylic oxidation sites excluding steroid dienone is 9. The number of hydrogen-bond acceptors (Lipinski definition) is 6. The average molecular weight is 723 g/mol. The van der Waals surface area contributed by atoms with Crippen LogP contribution in [0, 0.1) is 0 Å². The summed E-state index contributed by atoms with van der Waals surface area (Å²) in [7, 11) is 1.22. The molecule has 290 valence electrons. The number of phosphoric ester groups is 1. The minimum Gasteiger partial charge on any atom is -0.756 e. The molecule has 0 aliphatic carbocycles. The molecule has 0 radical (unpaired) electrons. The number of quaternary nitrogens is 1. The van der Waals surface area contributed by atoms with E-state index in [1.165, 1.54) is 57.8 Å². The molecule has 50 heavy (non-hydrogen) atoms. The van der Waals surface area contributed by atoms with Crippen molar-refractivity contribution >= 4 is 13.7 Å². The van der Waals surface area contributed by atoms with Crippen LogP contribution < -0.4 is 10.2 Å². The lowest BCUT2D eigenvalue weighted by molar-refractivity contribution is -0.870.